The first-order valence-electron chi connectivity index (χ1n) is 6.49. The molecule has 0 radical (unpaired) electrons. The maximum atomic E-state index is 10.9. The number of nitrogens with one attached hydrogen (secondary N) is 1. The summed E-state index contributed by atoms with van der Waals surface area (Å²) < 4.78 is 0. The van der Waals surface area contributed by atoms with Crippen LogP contribution in [0.5, 0.6) is 0 Å². The summed E-state index contributed by atoms with van der Waals surface area (Å²) >= 11 is 0. The number of nitrogens with two attached hydrogens (primary N) is 2. The van der Waals surface area contributed by atoms with Crippen molar-refractivity contribution in [2.75, 3.05) is 11.5 Å². The summed E-state index contributed by atoms with van der Waals surface area (Å²) in [5, 5.41) is 12.4. The standard InChI is InChI=1S/C14H23N3O2/c1-8(2)17-9(3)4-5-10-6-7-11(14(18)19)13(16)12(10)15/h6-9,17H,4-5,15-16H2,1-3H3,(H,18,19). The van der Waals surface area contributed by atoms with Crippen LogP contribution in [0.4, 0.5) is 11.4 Å². The van der Waals surface area contributed by atoms with E-state index in [1.54, 1.807) is 6.07 Å². The number of nitrogen functional groups attached to an aromatic ring is 2. The molecule has 1 atom stereocenters. The molecule has 1 unspecified atom stereocenters. The van der Waals surface area contributed by atoms with Crippen LogP contribution < -0.4 is 16.8 Å². The van der Waals surface area contributed by atoms with Gasteiger partial charge in [-0.2, -0.15) is 0 Å². The minimum absolute atomic E-state index is 0.0644. The first kappa shape index (κ1) is 15.3. The van der Waals surface area contributed by atoms with Gasteiger partial charge in [0.05, 0.1) is 16.9 Å². The van der Waals surface area contributed by atoms with Crippen molar-refractivity contribution in [3.63, 3.8) is 0 Å². The first-order valence-corrected chi connectivity index (χ1v) is 6.49. The SMILES string of the molecule is CC(C)NC(C)CCc1ccc(C(=O)O)c(N)c1N. The smallest absolute Gasteiger partial charge is 0.337 e. The third kappa shape index (κ3) is 4.13. The van der Waals surface area contributed by atoms with E-state index in [0.29, 0.717) is 17.8 Å². The van der Waals surface area contributed by atoms with E-state index in [2.05, 4.69) is 26.1 Å². The van der Waals surface area contributed by atoms with Gasteiger partial charge in [0.15, 0.2) is 0 Å². The van der Waals surface area contributed by atoms with Gasteiger partial charge in [0.1, 0.15) is 0 Å². The highest BCUT2D eigenvalue weighted by atomic mass is 16.4. The Morgan fingerprint density at radius 1 is 1.26 bits per heavy atom. The topological polar surface area (TPSA) is 101 Å². The van der Waals surface area contributed by atoms with Crippen LogP contribution in [-0.2, 0) is 6.42 Å². The molecule has 106 valence electrons. The van der Waals surface area contributed by atoms with Crippen molar-refractivity contribution in [1.82, 2.24) is 5.32 Å². The molecule has 0 amide bonds. The highest BCUT2D eigenvalue weighted by molar-refractivity contribution is 5.97. The van der Waals surface area contributed by atoms with Crippen molar-refractivity contribution in [2.45, 2.75) is 45.7 Å². The molecule has 6 N–H and O–H groups in total. The zero-order valence-electron chi connectivity index (χ0n) is 11.7. The summed E-state index contributed by atoms with van der Waals surface area (Å²) in [6.45, 7) is 6.32. The quantitative estimate of drug-likeness (QED) is 0.588. The number of carbonyl (C=O) groups is 1. The first-order chi connectivity index (χ1) is 8.82. The van der Waals surface area contributed by atoms with Crippen molar-refractivity contribution < 1.29 is 9.90 Å². The van der Waals surface area contributed by atoms with E-state index >= 15 is 0 Å². The lowest BCUT2D eigenvalue weighted by Crippen LogP contribution is -2.32. The third-order valence-corrected chi connectivity index (χ3v) is 3.07. The number of aryl methyl sites for hydroxylation is 1. The number of rotatable bonds is 6. The number of benzene rings is 1. The van der Waals surface area contributed by atoms with Crippen LogP contribution in [0.25, 0.3) is 0 Å². The van der Waals surface area contributed by atoms with Gasteiger partial charge in [-0.25, -0.2) is 4.79 Å². The fraction of sp³-hybridized carbons (Fsp3) is 0.500. The highest BCUT2D eigenvalue weighted by Crippen LogP contribution is 2.25. The van der Waals surface area contributed by atoms with E-state index in [4.69, 9.17) is 16.6 Å². The second-order valence-electron chi connectivity index (χ2n) is 5.17. The molecule has 0 aromatic heterocycles. The molecule has 0 saturated heterocycles. The Labute approximate surface area is 114 Å². The van der Waals surface area contributed by atoms with Crippen molar-refractivity contribution >= 4 is 17.3 Å². The van der Waals surface area contributed by atoms with E-state index in [1.165, 1.54) is 6.07 Å². The van der Waals surface area contributed by atoms with Gasteiger partial charge in [0, 0.05) is 12.1 Å². The molecule has 1 aromatic rings. The molecule has 0 aliphatic carbocycles. The lowest BCUT2D eigenvalue weighted by Gasteiger charge is -2.17. The Hall–Kier alpha value is -1.75. The number of hydrogen-bond donors (Lipinski definition) is 4. The monoisotopic (exact) mass is 265 g/mol. The van der Waals surface area contributed by atoms with Gasteiger partial charge in [0.2, 0.25) is 0 Å². The van der Waals surface area contributed by atoms with Crippen molar-refractivity contribution in [3.05, 3.63) is 23.3 Å². The van der Waals surface area contributed by atoms with Crippen LogP contribution in [0.1, 0.15) is 43.1 Å². The van der Waals surface area contributed by atoms with Gasteiger partial charge in [0.25, 0.3) is 0 Å². The van der Waals surface area contributed by atoms with Gasteiger partial charge in [-0.1, -0.05) is 19.9 Å². The number of carboxylic acid groups (broad SMARTS) is 1. The van der Waals surface area contributed by atoms with Crippen LogP contribution >= 0.6 is 0 Å². The molecule has 1 aromatic carbocycles. The molecule has 5 nitrogen and oxygen atoms in total. The van der Waals surface area contributed by atoms with Gasteiger partial charge < -0.3 is 21.9 Å². The lowest BCUT2D eigenvalue weighted by molar-refractivity contribution is 0.0698. The fourth-order valence-electron chi connectivity index (χ4n) is 2.11. The van der Waals surface area contributed by atoms with Crippen molar-refractivity contribution in [3.8, 4) is 0 Å². The Balaban J connectivity index is 2.75. The van der Waals surface area contributed by atoms with Crippen LogP contribution in [0.3, 0.4) is 0 Å². The Morgan fingerprint density at radius 2 is 1.89 bits per heavy atom. The zero-order valence-corrected chi connectivity index (χ0v) is 11.7. The molecule has 0 saturated carbocycles. The molecule has 5 heteroatoms. The van der Waals surface area contributed by atoms with Crippen LogP contribution in [0.2, 0.25) is 0 Å². The Bertz CT molecular complexity index is 458. The van der Waals surface area contributed by atoms with E-state index in [1.807, 2.05) is 0 Å². The molecule has 0 heterocycles. The summed E-state index contributed by atoms with van der Waals surface area (Å²) in [6, 6.07) is 4.08. The second-order valence-corrected chi connectivity index (χ2v) is 5.17. The summed E-state index contributed by atoms with van der Waals surface area (Å²) in [7, 11) is 0. The number of hydrogen-bond acceptors (Lipinski definition) is 4. The largest absolute Gasteiger partial charge is 0.478 e. The molecule has 0 spiro atoms. The lowest BCUT2D eigenvalue weighted by atomic mass is 10.0. The molecular formula is C14H23N3O2. The summed E-state index contributed by atoms with van der Waals surface area (Å²) in [6.07, 6.45) is 1.70. The van der Waals surface area contributed by atoms with E-state index in [0.717, 1.165) is 18.4 Å². The minimum atomic E-state index is -1.05. The maximum Gasteiger partial charge on any atom is 0.337 e. The Kier molecular flexibility index (Phi) is 5.18. The number of anilines is 2. The average Bonchev–Trinajstić information content (AvgIpc) is 2.29. The summed E-state index contributed by atoms with van der Waals surface area (Å²) in [5.74, 6) is -1.05. The molecule has 0 fully saturated rings. The van der Waals surface area contributed by atoms with Crippen LogP contribution in [0, 0.1) is 0 Å². The predicted octanol–water partition coefficient (Wildman–Crippen LogP) is 1.87. The molecule has 0 bridgehead atoms. The van der Waals surface area contributed by atoms with Crippen LogP contribution in [-0.4, -0.2) is 23.2 Å². The number of aromatic carboxylic acids is 1. The Morgan fingerprint density at radius 3 is 2.42 bits per heavy atom. The van der Waals surface area contributed by atoms with Gasteiger partial charge in [-0.3, -0.25) is 0 Å². The van der Waals surface area contributed by atoms with E-state index < -0.39 is 5.97 Å². The fourth-order valence-corrected chi connectivity index (χ4v) is 2.11. The highest BCUT2D eigenvalue weighted by Gasteiger charge is 2.13. The van der Waals surface area contributed by atoms with Gasteiger partial charge >= 0.3 is 5.97 Å². The van der Waals surface area contributed by atoms with Gasteiger partial charge in [-0.05, 0) is 31.4 Å². The average molecular weight is 265 g/mol. The van der Waals surface area contributed by atoms with Crippen LogP contribution in [0.15, 0.2) is 12.1 Å². The van der Waals surface area contributed by atoms with E-state index in [-0.39, 0.29) is 11.3 Å². The maximum absolute atomic E-state index is 10.9. The molecule has 0 aliphatic rings. The predicted molar refractivity (Wildman–Crippen MR) is 78.3 cm³/mol. The normalized spacial score (nSPS) is 12.6. The van der Waals surface area contributed by atoms with Crippen molar-refractivity contribution in [2.24, 2.45) is 0 Å². The van der Waals surface area contributed by atoms with Gasteiger partial charge in [-0.15, -0.1) is 0 Å². The molecule has 1 rings (SSSR count). The molecule has 0 aliphatic heterocycles. The second kappa shape index (κ2) is 6.43. The van der Waals surface area contributed by atoms with E-state index in [9.17, 15) is 4.79 Å². The third-order valence-electron chi connectivity index (χ3n) is 3.07. The van der Waals surface area contributed by atoms with Crippen molar-refractivity contribution in [1.29, 1.82) is 0 Å². The summed E-state index contributed by atoms with van der Waals surface area (Å²) in [4.78, 5) is 10.9. The minimum Gasteiger partial charge on any atom is -0.478 e. The molecular weight excluding hydrogens is 242 g/mol. The number of carboxylic acids is 1. The zero-order chi connectivity index (χ0) is 14.6. The summed E-state index contributed by atoms with van der Waals surface area (Å²) in [5.41, 5.74) is 13.2. The molecule has 19 heavy (non-hydrogen) atoms.